The first-order valence-corrected chi connectivity index (χ1v) is 7.25. The van der Waals surface area contributed by atoms with Crippen molar-refractivity contribution in [2.75, 3.05) is 5.32 Å². The maximum Gasteiger partial charge on any atom is 0.251 e. The number of carbonyl (C=O) groups excluding carboxylic acids is 2. The van der Waals surface area contributed by atoms with Crippen molar-refractivity contribution < 1.29 is 9.59 Å². The van der Waals surface area contributed by atoms with Gasteiger partial charge in [-0.05, 0) is 37.1 Å². The fourth-order valence-corrected chi connectivity index (χ4v) is 2.47. The van der Waals surface area contributed by atoms with Crippen LogP contribution in [0.15, 0.2) is 24.5 Å². The standard InChI is InChI=1S/C15H17N5O2/c1-2-20-9-17-19-13(20)8-16-15(22)11-3-5-12-10(7-11)4-6-14(21)18-12/h3,5,7,9H,2,4,6,8H2,1H3,(H,16,22)(H,18,21). The van der Waals surface area contributed by atoms with Gasteiger partial charge in [-0.2, -0.15) is 0 Å². The van der Waals surface area contributed by atoms with Gasteiger partial charge in [-0.15, -0.1) is 10.2 Å². The summed E-state index contributed by atoms with van der Waals surface area (Å²) in [4.78, 5) is 23.6. The van der Waals surface area contributed by atoms with Crippen molar-refractivity contribution in [3.05, 3.63) is 41.5 Å². The van der Waals surface area contributed by atoms with Gasteiger partial charge < -0.3 is 15.2 Å². The van der Waals surface area contributed by atoms with Crippen LogP contribution in [0.5, 0.6) is 0 Å². The summed E-state index contributed by atoms with van der Waals surface area (Å²) in [6.45, 7) is 3.09. The lowest BCUT2D eigenvalue weighted by molar-refractivity contribution is -0.116. The van der Waals surface area contributed by atoms with Crippen LogP contribution in [-0.2, 0) is 24.3 Å². The second-order valence-electron chi connectivity index (χ2n) is 5.14. The number of hydrogen-bond donors (Lipinski definition) is 2. The Hall–Kier alpha value is -2.70. The summed E-state index contributed by atoms with van der Waals surface area (Å²) in [6.07, 6.45) is 2.76. The lowest BCUT2D eigenvalue weighted by Gasteiger charge is -2.17. The van der Waals surface area contributed by atoms with Crippen molar-refractivity contribution in [1.29, 1.82) is 0 Å². The second kappa shape index (κ2) is 5.97. The lowest BCUT2D eigenvalue weighted by atomic mass is 10.00. The first-order chi connectivity index (χ1) is 10.7. The van der Waals surface area contributed by atoms with Crippen LogP contribution in [0.25, 0.3) is 0 Å². The molecule has 0 saturated heterocycles. The Morgan fingerprint density at radius 3 is 3.09 bits per heavy atom. The molecule has 0 spiro atoms. The third-order valence-electron chi connectivity index (χ3n) is 3.71. The van der Waals surface area contributed by atoms with Crippen LogP contribution in [-0.4, -0.2) is 26.6 Å². The molecule has 114 valence electrons. The number of aromatic nitrogens is 3. The van der Waals surface area contributed by atoms with Crippen LogP contribution < -0.4 is 10.6 Å². The highest BCUT2D eigenvalue weighted by molar-refractivity contribution is 5.97. The van der Waals surface area contributed by atoms with E-state index in [0.717, 1.165) is 23.6 Å². The Morgan fingerprint density at radius 2 is 2.27 bits per heavy atom. The lowest BCUT2D eigenvalue weighted by Crippen LogP contribution is -2.25. The molecular weight excluding hydrogens is 282 g/mol. The van der Waals surface area contributed by atoms with E-state index in [-0.39, 0.29) is 11.8 Å². The van der Waals surface area contributed by atoms with Gasteiger partial charge in [-0.25, -0.2) is 0 Å². The van der Waals surface area contributed by atoms with Gasteiger partial charge in [-0.3, -0.25) is 9.59 Å². The van der Waals surface area contributed by atoms with E-state index in [1.54, 1.807) is 18.5 Å². The minimum atomic E-state index is -0.162. The smallest absolute Gasteiger partial charge is 0.251 e. The van der Waals surface area contributed by atoms with E-state index in [4.69, 9.17) is 0 Å². The van der Waals surface area contributed by atoms with Crippen molar-refractivity contribution in [3.63, 3.8) is 0 Å². The molecule has 0 aliphatic carbocycles. The van der Waals surface area contributed by atoms with E-state index in [1.165, 1.54) is 0 Å². The first kappa shape index (κ1) is 14.2. The third kappa shape index (κ3) is 2.83. The molecule has 0 saturated carbocycles. The maximum absolute atomic E-state index is 12.2. The van der Waals surface area contributed by atoms with Gasteiger partial charge in [0.15, 0.2) is 5.82 Å². The molecule has 2 heterocycles. The van der Waals surface area contributed by atoms with Crippen molar-refractivity contribution in [1.82, 2.24) is 20.1 Å². The van der Waals surface area contributed by atoms with Crippen LogP contribution in [0.2, 0.25) is 0 Å². The van der Waals surface area contributed by atoms with Crippen LogP contribution >= 0.6 is 0 Å². The number of nitrogens with one attached hydrogen (secondary N) is 2. The average molecular weight is 299 g/mol. The molecule has 1 aliphatic rings. The van der Waals surface area contributed by atoms with Crippen molar-refractivity contribution in [3.8, 4) is 0 Å². The number of rotatable bonds is 4. The largest absolute Gasteiger partial charge is 0.345 e. The molecule has 1 aromatic carbocycles. The van der Waals surface area contributed by atoms with Crippen LogP contribution in [0.4, 0.5) is 5.69 Å². The molecule has 2 aromatic rings. The van der Waals surface area contributed by atoms with Crippen LogP contribution in [0.1, 0.15) is 35.1 Å². The predicted molar refractivity (Wildman–Crippen MR) is 80.3 cm³/mol. The van der Waals surface area contributed by atoms with E-state index >= 15 is 0 Å². The predicted octanol–water partition coefficient (Wildman–Crippen LogP) is 1.11. The number of anilines is 1. The normalized spacial score (nSPS) is 13.4. The molecule has 2 N–H and O–H groups in total. The van der Waals surface area contributed by atoms with Gasteiger partial charge in [0.25, 0.3) is 5.91 Å². The molecule has 22 heavy (non-hydrogen) atoms. The topological polar surface area (TPSA) is 88.9 Å². The molecular formula is C15H17N5O2. The summed E-state index contributed by atoms with van der Waals surface area (Å²) in [7, 11) is 0. The molecule has 7 nitrogen and oxygen atoms in total. The summed E-state index contributed by atoms with van der Waals surface area (Å²) in [6, 6.07) is 5.31. The summed E-state index contributed by atoms with van der Waals surface area (Å²) in [5, 5.41) is 13.5. The third-order valence-corrected chi connectivity index (χ3v) is 3.71. The van der Waals surface area contributed by atoms with Crippen molar-refractivity contribution in [2.24, 2.45) is 0 Å². The highest BCUT2D eigenvalue weighted by atomic mass is 16.2. The van der Waals surface area contributed by atoms with Gasteiger partial charge in [-0.1, -0.05) is 0 Å². The quantitative estimate of drug-likeness (QED) is 0.885. The highest BCUT2D eigenvalue weighted by Crippen LogP contribution is 2.23. The number of benzene rings is 1. The highest BCUT2D eigenvalue weighted by Gasteiger charge is 2.16. The molecule has 0 atom stereocenters. The monoisotopic (exact) mass is 299 g/mol. The summed E-state index contributed by atoms with van der Waals surface area (Å²) in [5.74, 6) is 0.579. The van der Waals surface area contributed by atoms with Gasteiger partial charge in [0.1, 0.15) is 6.33 Å². The van der Waals surface area contributed by atoms with E-state index in [2.05, 4.69) is 20.8 Å². The fraction of sp³-hybridized carbons (Fsp3) is 0.333. The van der Waals surface area contributed by atoms with E-state index < -0.39 is 0 Å². The second-order valence-corrected chi connectivity index (χ2v) is 5.14. The number of nitrogens with zero attached hydrogens (tertiary/aromatic N) is 3. The molecule has 0 radical (unpaired) electrons. The number of amides is 2. The first-order valence-electron chi connectivity index (χ1n) is 7.25. The number of hydrogen-bond acceptors (Lipinski definition) is 4. The summed E-state index contributed by atoms with van der Waals surface area (Å²) >= 11 is 0. The van der Waals surface area contributed by atoms with Gasteiger partial charge in [0.05, 0.1) is 6.54 Å². The Bertz CT molecular complexity index is 722. The van der Waals surface area contributed by atoms with Gasteiger partial charge >= 0.3 is 0 Å². The molecule has 0 unspecified atom stereocenters. The Morgan fingerprint density at radius 1 is 1.41 bits per heavy atom. The van der Waals surface area contributed by atoms with Crippen molar-refractivity contribution in [2.45, 2.75) is 32.9 Å². The Labute approximate surface area is 127 Å². The average Bonchev–Trinajstić information content (AvgIpc) is 2.99. The SMILES string of the molecule is CCn1cnnc1CNC(=O)c1ccc2c(c1)CCC(=O)N2. The Kier molecular flexibility index (Phi) is 3.86. The molecule has 7 heteroatoms. The van der Waals surface area contributed by atoms with Crippen LogP contribution in [0.3, 0.4) is 0 Å². The van der Waals surface area contributed by atoms with Gasteiger partial charge in [0, 0.05) is 24.2 Å². The van der Waals surface area contributed by atoms with E-state index in [1.807, 2.05) is 17.6 Å². The van der Waals surface area contributed by atoms with Crippen LogP contribution in [0, 0.1) is 0 Å². The summed E-state index contributed by atoms with van der Waals surface area (Å²) in [5.41, 5.74) is 2.36. The Balaban J connectivity index is 1.69. The number of fused-ring (bicyclic) bond motifs is 1. The van der Waals surface area contributed by atoms with Gasteiger partial charge in [0.2, 0.25) is 5.91 Å². The number of carbonyl (C=O) groups is 2. The molecule has 0 bridgehead atoms. The molecule has 0 fully saturated rings. The summed E-state index contributed by atoms with van der Waals surface area (Å²) < 4.78 is 1.88. The number of aryl methyl sites for hydroxylation is 2. The zero-order chi connectivity index (χ0) is 15.5. The zero-order valence-corrected chi connectivity index (χ0v) is 12.3. The molecule has 3 rings (SSSR count). The van der Waals surface area contributed by atoms with Crippen molar-refractivity contribution >= 4 is 17.5 Å². The molecule has 2 amide bonds. The fourth-order valence-electron chi connectivity index (χ4n) is 2.47. The molecule has 1 aromatic heterocycles. The maximum atomic E-state index is 12.2. The molecule has 1 aliphatic heterocycles. The zero-order valence-electron chi connectivity index (χ0n) is 12.3. The van der Waals surface area contributed by atoms with E-state index in [9.17, 15) is 9.59 Å². The minimum Gasteiger partial charge on any atom is -0.345 e. The van der Waals surface area contributed by atoms with E-state index in [0.29, 0.717) is 24.9 Å². The minimum absolute atomic E-state index is 0.0172.